The number of phenolic OH excluding ortho intramolecular Hbond substituents is 1. The number of benzene rings is 2. The molecule has 2 aromatic rings. The van der Waals surface area contributed by atoms with Crippen molar-refractivity contribution < 1.29 is 23.8 Å². The van der Waals surface area contributed by atoms with Gasteiger partial charge in [0.25, 0.3) is 0 Å². The molecule has 0 radical (unpaired) electrons. The van der Waals surface area contributed by atoms with Gasteiger partial charge in [-0.3, -0.25) is 4.79 Å². The fourth-order valence-electron chi connectivity index (χ4n) is 1.90. The number of carbonyl (C=O) groups is 1. The van der Waals surface area contributed by atoms with Crippen molar-refractivity contribution in [3.63, 3.8) is 0 Å². The zero-order valence-electron chi connectivity index (χ0n) is 11.0. The van der Waals surface area contributed by atoms with Crippen LogP contribution in [0.4, 0.5) is 4.39 Å². The second-order valence-electron chi connectivity index (χ2n) is 4.03. The van der Waals surface area contributed by atoms with Crippen LogP contribution in [0.5, 0.6) is 17.2 Å². The van der Waals surface area contributed by atoms with Crippen LogP contribution in [-0.4, -0.2) is 25.1 Å². The predicted molar refractivity (Wildman–Crippen MR) is 71.0 cm³/mol. The summed E-state index contributed by atoms with van der Waals surface area (Å²) in [4.78, 5) is 12.5. The molecule has 2 rings (SSSR count). The summed E-state index contributed by atoms with van der Waals surface area (Å²) >= 11 is 0. The maximum atomic E-state index is 13.3. The van der Waals surface area contributed by atoms with E-state index in [4.69, 9.17) is 9.47 Å². The molecule has 2 aromatic carbocycles. The Hall–Kier alpha value is -2.56. The molecular weight excluding hydrogens is 263 g/mol. The van der Waals surface area contributed by atoms with Crippen molar-refractivity contribution in [3.05, 3.63) is 53.3 Å². The van der Waals surface area contributed by atoms with E-state index >= 15 is 0 Å². The Balaban J connectivity index is 2.61. The van der Waals surface area contributed by atoms with Crippen molar-refractivity contribution in [2.75, 3.05) is 14.2 Å². The van der Waals surface area contributed by atoms with E-state index in [1.807, 2.05) is 0 Å². The number of hydrogen-bond acceptors (Lipinski definition) is 4. The van der Waals surface area contributed by atoms with E-state index in [1.54, 1.807) is 18.2 Å². The Labute approximate surface area is 115 Å². The number of phenols is 1. The van der Waals surface area contributed by atoms with Gasteiger partial charge in [-0.2, -0.15) is 0 Å². The van der Waals surface area contributed by atoms with Crippen molar-refractivity contribution in [2.24, 2.45) is 0 Å². The van der Waals surface area contributed by atoms with Gasteiger partial charge in [0, 0.05) is 0 Å². The monoisotopic (exact) mass is 276 g/mol. The van der Waals surface area contributed by atoms with Crippen LogP contribution in [-0.2, 0) is 0 Å². The molecule has 5 heteroatoms. The molecule has 0 atom stereocenters. The van der Waals surface area contributed by atoms with Crippen LogP contribution in [0.2, 0.25) is 0 Å². The molecule has 0 saturated heterocycles. The number of halogens is 1. The van der Waals surface area contributed by atoms with E-state index in [0.717, 1.165) is 18.2 Å². The molecular formula is C15H13FO4. The first kappa shape index (κ1) is 13.9. The summed E-state index contributed by atoms with van der Waals surface area (Å²) in [5.41, 5.74) is -0.00815. The third-order valence-electron chi connectivity index (χ3n) is 2.86. The number of aromatic hydroxyl groups is 1. The highest BCUT2D eigenvalue weighted by atomic mass is 19.1. The molecule has 0 bridgehead atoms. The summed E-state index contributed by atoms with van der Waals surface area (Å²) in [6, 6.07) is 8.03. The molecule has 0 aliphatic rings. The van der Waals surface area contributed by atoms with Crippen molar-refractivity contribution in [1.82, 2.24) is 0 Å². The van der Waals surface area contributed by atoms with E-state index in [2.05, 4.69) is 0 Å². The second kappa shape index (κ2) is 5.61. The number of rotatable bonds is 4. The first-order valence-corrected chi connectivity index (χ1v) is 5.82. The molecule has 0 aromatic heterocycles. The Morgan fingerprint density at radius 3 is 2.25 bits per heavy atom. The molecule has 0 amide bonds. The highest BCUT2D eigenvalue weighted by Crippen LogP contribution is 2.32. The molecule has 0 aliphatic heterocycles. The molecule has 1 N–H and O–H groups in total. The molecule has 0 saturated carbocycles. The van der Waals surface area contributed by atoms with Crippen LogP contribution < -0.4 is 9.47 Å². The average Bonchev–Trinajstić information content (AvgIpc) is 2.48. The molecule has 0 heterocycles. The Morgan fingerprint density at radius 2 is 1.70 bits per heavy atom. The van der Waals surface area contributed by atoms with Crippen molar-refractivity contribution in [1.29, 1.82) is 0 Å². The second-order valence-corrected chi connectivity index (χ2v) is 4.03. The van der Waals surface area contributed by atoms with E-state index < -0.39 is 11.6 Å². The number of ether oxygens (including phenoxy) is 2. The van der Waals surface area contributed by atoms with Crippen molar-refractivity contribution >= 4 is 5.78 Å². The Morgan fingerprint density at radius 1 is 1.10 bits per heavy atom. The topological polar surface area (TPSA) is 55.8 Å². The maximum absolute atomic E-state index is 13.3. The van der Waals surface area contributed by atoms with Crippen LogP contribution in [0.15, 0.2) is 36.4 Å². The lowest BCUT2D eigenvalue weighted by Gasteiger charge is -2.12. The quantitative estimate of drug-likeness (QED) is 0.872. The smallest absolute Gasteiger partial charge is 0.204 e. The highest BCUT2D eigenvalue weighted by Gasteiger charge is 2.22. The predicted octanol–water partition coefficient (Wildman–Crippen LogP) is 2.78. The lowest BCUT2D eigenvalue weighted by molar-refractivity contribution is 0.103. The van der Waals surface area contributed by atoms with Gasteiger partial charge in [0.05, 0.1) is 19.8 Å². The van der Waals surface area contributed by atoms with Gasteiger partial charge in [-0.25, -0.2) is 4.39 Å². The molecule has 0 aliphatic carbocycles. The van der Waals surface area contributed by atoms with Crippen molar-refractivity contribution in [2.45, 2.75) is 0 Å². The van der Waals surface area contributed by atoms with Gasteiger partial charge in [0.2, 0.25) is 5.78 Å². The van der Waals surface area contributed by atoms with E-state index in [9.17, 15) is 14.3 Å². The van der Waals surface area contributed by atoms with Crippen LogP contribution in [0, 0.1) is 5.82 Å². The molecule has 104 valence electrons. The van der Waals surface area contributed by atoms with Gasteiger partial charge in [0.1, 0.15) is 28.6 Å². The summed E-state index contributed by atoms with van der Waals surface area (Å²) in [6.07, 6.45) is 0. The van der Waals surface area contributed by atoms with Gasteiger partial charge in [0.15, 0.2) is 0 Å². The summed E-state index contributed by atoms with van der Waals surface area (Å²) in [7, 11) is 2.83. The summed E-state index contributed by atoms with van der Waals surface area (Å²) < 4.78 is 23.5. The zero-order valence-corrected chi connectivity index (χ0v) is 11.0. The maximum Gasteiger partial charge on any atom is 0.204 e. The van der Waals surface area contributed by atoms with Gasteiger partial charge in [-0.15, -0.1) is 0 Å². The van der Waals surface area contributed by atoms with Crippen LogP contribution in [0.25, 0.3) is 0 Å². The standard InChI is InChI=1S/C15H13FO4/c1-19-12-4-3-5-13(20-2)14(12)15(18)10-8-9(16)6-7-11(10)17/h3-8,17H,1-2H3. The first-order valence-electron chi connectivity index (χ1n) is 5.82. The largest absolute Gasteiger partial charge is 0.507 e. The first-order chi connectivity index (χ1) is 9.58. The van der Waals surface area contributed by atoms with Gasteiger partial charge in [-0.05, 0) is 30.3 Å². The summed E-state index contributed by atoms with van der Waals surface area (Å²) in [5, 5.41) is 9.72. The van der Waals surface area contributed by atoms with Crippen molar-refractivity contribution in [3.8, 4) is 17.2 Å². The average molecular weight is 276 g/mol. The van der Waals surface area contributed by atoms with Crippen LogP contribution in [0.1, 0.15) is 15.9 Å². The Bertz CT molecular complexity index is 630. The molecule has 0 unspecified atom stereocenters. The molecule has 0 spiro atoms. The molecule has 20 heavy (non-hydrogen) atoms. The lowest BCUT2D eigenvalue weighted by Crippen LogP contribution is -2.07. The van der Waals surface area contributed by atoms with E-state index in [-0.39, 0.29) is 28.4 Å². The zero-order chi connectivity index (χ0) is 14.7. The molecule has 0 fully saturated rings. The summed E-state index contributed by atoms with van der Waals surface area (Å²) in [5.74, 6) is -0.906. The lowest BCUT2D eigenvalue weighted by atomic mass is 10.0. The third kappa shape index (κ3) is 2.42. The van der Waals surface area contributed by atoms with E-state index in [1.165, 1.54) is 14.2 Å². The number of carbonyl (C=O) groups excluding carboxylic acids is 1. The highest BCUT2D eigenvalue weighted by molar-refractivity contribution is 6.14. The summed E-state index contributed by atoms with van der Waals surface area (Å²) in [6.45, 7) is 0. The van der Waals surface area contributed by atoms with Gasteiger partial charge >= 0.3 is 0 Å². The normalized spacial score (nSPS) is 10.2. The minimum absolute atomic E-state index is 0.137. The molecule has 4 nitrogen and oxygen atoms in total. The van der Waals surface area contributed by atoms with Crippen LogP contribution >= 0.6 is 0 Å². The number of hydrogen-bond donors (Lipinski definition) is 1. The SMILES string of the molecule is COc1cccc(OC)c1C(=O)c1cc(F)ccc1O. The third-order valence-corrected chi connectivity index (χ3v) is 2.86. The minimum atomic E-state index is -0.611. The van der Waals surface area contributed by atoms with Gasteiger partial charge in [-0.1, -0.05) is 6.07 Å². The number of ketones is 1. The number of methoxy groups -OCH3 is 2. The van der Waals surface area contributed by atoms with Crippen LogP contribution in [0.3, 0.4) is 0 Å². The Kier molecular flexibility index (Phi) is 3.89. The van der Waals surface area contributed by atoms with Gasteiger partial charge < -0.3 is 14.6 Å². The fourth-order valence-corrected chi connectivity index (χ4v) is 1.90. The minimum Gasteiger partial charge on any atom is -0.507 e. The fraction of sp³-hybridized carbons (Fsp3) is 0.133. The van der Waals surface area contributed by atoms with E-state index in [0.29, 0.717) is 0 Å².